The smallest absolute Gasteiger partial charge is 0.267 e. The first-order valence-corrected chi connectivity index (χ1v) is 9.83. The Bertz CT molecular complexity index is 980. The molecule has 0 bridgehead atoms. The largest absolute Gasteiger partial charge is 0.349 e. The molecule has 0 saturated carbocycles. The van der Waals surface area contributed by atoms with Crippen molar-refractivity contribution in [3.8, 4) is 0 Å². The van der Waals surface area contributed by atoms with Gasteiger partial charge in [-0.1, -0.05) is 48.5 Å². The van der Waals surface area contributed by atoms with Crippen LogP contribution in [0.3, 0.4) is 0 Å². The minimum Gasteiger partial charge on any atom is -0.349 e. The van der Waals surface area contributed by atoms with E-state index in [2.05, 4.69) is 5.32 Å². The first-order valence-electron chi connectivity index (χ1n) is 9.83. The second-order valence-electron chi connectivity index (χ2n) is 8.60. The van der Waals surface area contributed by atoms with Crippen molar-refractivity contribution in [1.82, 2.24) is 10.2 Å². The van der Waals surface area contributed by atoms with Gasteiger partial charge < -0.3 is 15.1 Å². The van der Waals surface area contributed by atoms with Crippen molar-refractivity contribution < 1.29 is 14.4 Å². The number of para-hydroxylation sites is 1. The van der Waals surface area contributed by atoms with Crippen LogP contribution in [0.4, 0.5) is 5.69 Å². The summed E-state index contributed by atoms with van der Waals surface area (Å²) >= 11 is 0. The molecule has 3 amide bonds. The van der Waals surface area contributed by atoms with E-state index in [1.807, 2.05) is 69.3 Å². The average Bonchev–Trinajstić information content (AvgIpc) is 2.90. The number of nitrogens with zero attached hydrogens (tertiary/aromatic N) is 2. The maximum Gasteiger partial charge on any atom is 0.267 e. The lowest BCUT2D eigenvalue weighted by atomic mass is 9.84. The van der Waals surface area contributed by atoms with Crippen molar-refractivity contribution in [2.24, 2.45) is 0 Å². The van der Waals surface area contributed by atoms with E-state index in [4.69, 9.17) is 0 Å². The lowest BCUT2D eigenvalue weighted by molar-refractivity contribution is -0.163. The first-order chi connectivity index (χ1) is 13.7. The van der Waals surface area contributed by atoms with Crippen LogP contribution in [-0.4, -0.2) is 34.7 Å². The topological polar surface area (TPSA) is 69.7 Å². The van der Waals surface area contributed by atoms with Crippen molar-refractivity contribution in [3.05, 3.63) is 65.7 Å². The summed E-state index contributed by atoms with van der Waals surface area (Å²) in [5, 5.41) is 2.95. The van der Waals surface area contributed by atoms with Crippen LogP contribution in [-0.2, 0) is 26.5 Å². The molecular weight excluding hydrogens is 366 g/mol. The van der Waals surface area contributed by atoms with Gasteiger partial charge >= 0.3 is 0 Å². The van der Waals surface area contributed by atoms with E-state index in [0.717, 1.165) is 5.56 Å². The number of anilines is 1. The molecule has 6 heteroatoms. The summed E-state index contributed by atoms with van der Waals surface area (Å²) in [6, 6.07) is 16.9. The van der Waals surface area contributed by atoms with Gasteiger partial charge in [0.25, 0.3) is 11.8 Å². The number of likely N-dealkylation sites (tertiary alicyclic amines) is 1. The zero-order valence-corrected chi connectivity index (χ0v) is 16.9. The third-order valence-electron chi connectivity index (χ3n) is 5.40. The van der Waals surface area contributed by atoms with Crippen LogP contribution in [0.25, 0.3) is 0 Å². The summed E-state index contributed by atoms with van der Waals surface area (Å²) in [5.41, 5.74) is -0.00732. The summed E-state index contributed by atoms with van der Waals surface area (Å²) in [7, 11) is 0. The van der Waals surface area contributed by atoms with Gasteiger partial charge in [0.1, 0.15) is 0 Å². The minimum atomic E-state index is -1.66. The number of fused-ring (bicyclic) bond motifs is 1. The molecule has 1 saturated heterocycles. The van der Waals surface area contributed by atoms with Gasteiger partial charge in [-0.05, 0) is 32.4 Å². The molecule has 2 aliphatic rings. The van der Waals surface area contributed by atoms with Gasteiger partial charge in [-0.3, -0.25) is 14.4 Å². The molecule has 29 heavy (non-hydrogen) atoms. The third kappa shape index (κ3) is 2.99. The van der Waals surface area contributed by atoms with Gasteiger partial charge in [0.2, 0.25) is 11.4 Å². The van der Waals surface area contributed by atoms with E-state index >= 15 is 0 Å². The van der Waals surface area contributed by atoms with Crippen molar-refractivity contribution in [2.45, 2.75) is 44.8 Å². The second-order valence-corrected chi connectivity index (χ2v) is 8.60. The quantitative estimate of drug-likeness (QED) is 0.643. The molecule has 2 aromatic carbocycles. The number of carbonyl (C=O) groups excluding carboxylic acids is 3. The molecule has 0 aromatic heterocycles. The molecule has 6 nitrogen and oxygen atoms in total. The van der Waals surface area contributed by atoms with E-state index < -0.39 is 17.0 Å². The molecule has 1 fully saturated rings. The zero-order chi connectivity index (χ0) is 20.8. The fourth-order valence-corrected chi connectivity index (χ4v) is 4.06. The van der Waals surface area contributed by atoms with Gasteiger partial charge in [-0.25, -0.2) is 0 Å². The normalized spacial score (nSPS) is 21.1. The van der Waals surface area contributed by atoms with Crippen molar-refractivity contribution in [3.63, 3.8) is 0 Å². The highest BCUT2D eigenvalue weighted by Gasteiger charge is 2.63. The standard InChI is InChI=1S/C23H25N3O3/c1-22(2,3)24-20(28)23(26-14-13-19(26)27)17-11-7-8-12-18(17)25(21(23)29)15-16-9-5-4-6-10-16/h4-12H,13-15H2,1-3H3,(H,24,28). The van der Waals surface area contributed by atoms with E-state index in [1.54, 1.807) is 11.0 Å². The lowest BCUT2D eigenvalue weighted by Crippen LogP contribution is -2.68. The zero-order valence-electron chi connectivity index (χ0n) is 16.9. The Morgan fingerprint density at radius 1 is 1.03 bits per heavy atom. The first kappa shape index (κ1) is 19.2. The highest BCUT2D eigenvalue weighted by molar-refractivity contribution is 6.23. The molecule has 1 atom stereocenters. The number of benzene rings is 2. The monoisotopic (exact) mass is 391 g/mol. The van der Waals surface area contributed by atoms with Gasteiger partial charge in [0, 0.05) is 24.1 Å². The predicted molar refractivity (Wildman–Crippen MR) is 110 cm³/mol. The fourth-order valence-electron chi connectivity index (χ4n) is 4.06. The van der Waals surface area contributed by atoms with Gasteiger partial charge in [0.05, 0.1) is 12.2 Å². The summed E-state index contributed by atoms with van der Waals surface area (Å²) < 4.78 is 0. The van der Waals surface area contributed by atoms with Crippen LogP contribution >= 0.6 is 0 Å². The maximum absolute atomic E-state index is 13.9. The summed E-state index contributed by atoms with van der Waals surface area (Å²) in [6.45, 7) is 6.32. The Morgan fingerprint density at radius 3 is 2.28 bits per heavy atom. The summed E-state index contributed by atoms with van der Waals surface area (Å²) in [5.74, 6) is -1.01. The van der Waals surface area contributed by atoms with Crippen LogP contribution in [0.15, 0.2) is 54.6 Å². The molecule has 1 N–H and O–H groups in total. The van der Waals surface area contributed by atoms with E-state index in [0.29, 0.717) is 30.8 Å². The van der Waals surface area contributed by atoms with E-state index in [9.17, 15) is 14.4 Å². The molecule has 2 aliphatic heterocycles. The van der Waals surface area contributed by atoms with Crippen molar-refractivity contribution >= 4 is 23.4 Å². The number of β-lactam (4-membered cyclic amide) rings is 1. The molecule has 0 radical (unpaired) electrons. The highest BCUT2D eigenvalue weighted by atomic mass is 16.2. The van der Waals surface area contributed by atoms with Crippen molar-refractivity contribution in [1.29, 1.82) is 0 Å². The molecule has 0 spiro atoms. The highest BCUT2D eigenvalue weighted by Crippen LogP contribution is 2.47. The van der Waals surface area contributed by atoms with Crippen LogP contribution in [0.2, 0.25) is 0 Å². The molecule has 2 heterocycles. The number of amides is 3. The number of hydrogen-bond donors (Lipinski definition) is 1. The Kier molecular flexibility index (Phi) is 4.45. The van der Waals surface area contributed by atoms with Crippen LogP contribution in [0.1, 0.15) is 38.3 Å². The minimum absolute atomic E-state index is 0.182. The molecule has 150 valence electrons. The van der Waals surface area contributed by atoms with Crippen LogP contribution in [0, 0.1) is 0 Å². The lowest BCUT2D eigenvalue weighted by Gasteiger charge is -2.45. The average molecular weight is 391 g/mol. The Balaban J connectivity index is 1.85. The fraction of sp³-hybridized carbons (Fsp3) is 0.348. The molecule has 4 rings (SSSR count). The second kappa shape index (κ2) is 6.72. The molecule has 2 aromatic rings. The molecule has 0 aliphatic carbocycles. The van der Waals surface area contributed by atoms with E-state index in [1.165, 1.54) is 4.90 Å². The Labute approximate surface area is 170 Å². The predicted octanol–water partition coefficient (Wildman–Crippen LogP) is 2.58. The summed E-state index contributed by atoms with van der Waals surface area (Å²) in [6.07, 6.45) is 0.346. The number of hydrogen-bond acceptors (Lipinski definition) is 3. The Morgan fingerprint density at radius 2 is 1.69 bits per heavy atom. The number of carbonyl (C=O) groups is 3. The van der Waals surface area contributed by atoms with E-state index in [-0.39, 0.29) is 11.8 Å². The van der Waals surface area contributed by atoms with Gasteiger partial charge in [-0.2, -0.15) is 0 Å². The van der Waals surface area contributed by atoms with Crippen molar-refractivity contribution in [2.75, 3.05) is 11.4 Å². The third-order valence-corrected chi connectivity index (χ3v) is 5.40. The molecular formula is C23H25N3O3. The molecule has 1 unspecified atom stereocenters. The van der Waals surface area contributed by atoms with Crippen LogP contribution < -0.4 is 10.2 Å². The Hall–Kier alpha value is -3.15. The number of rotatable bonds is 4. The SMILES string of the molecule is CC(C)(C)NC(=O)C1(N2CCC2=O)C(=O)N(Cc2ccccc2)c2ccccc21. The van der Waals surface area contributed by atoms with Gasteiger partial charge in [-0.15, -0.1) is 0 Å². The summed E-state index contributed by atoms with van der Waals surface area (Å²) in [4.78, 5) is 43.0. The van der Waals surface area contributed by atoms with Crippen LogP contribution in [0.5, 0.6) is 0 Å². The van der Waals surface area contributed by atoms with Gasteiger partial charge in [0.15, 0.2) is 0 Å². The number of nitrogens with one attached hydrogen (secondary N) is 1. The maximum atomic E-state index is 13.9.